The van der Waals surface area contributed by atoms with Crippen LogP contribution in [-0.4, -0.2) is 6.61 Å². The predicted octanol–water partition coefficient (Wildman–Crippen LogP) is 1.19. The SMILES string of the molecule is CCONCc1ccc(C#N)o1. The van der Waals surface area contributed by atoms with E-state index >= 15 is 0 Å². The number of nitrogens with one attached hydrogen (secondary N) is 1. The van der Waals surface area contributed by atoms with E-state index in [2.05, 4.69) is 5.48 Å². The van der Waals surface area contributed by atoms with Crippen molar-refractivity contribution in [3.63, 3.8) is 0 Å². The lowest BCUT2D eigenvalue weighted by Crippen LogP contribution is -2.12. The topological polar surface area (TPSA) is 58.2 Å². The molecule has 1 aromatic heterocycles. The summed E-state index contributed by atoms with van der Waals surface area (Å²) in [4.78, 5) is 4.89. The first kappa shape index (κ1) is 8.78. The van der Waals surface area contributed by atoms with Gasteiger partial charge in [0.15, 0.2) is 0 Å². The first-order valence-corrected chi connectivity index (χ1v) is 3.70. The second-order valence-corrected chi connectivity index (χ2v) is 2.13. The standard InChI is InChI=1S/C8H10N2O2/c1-2-11-10-6-8-4-3-7(5-9)12-8/h3-4,10H,2,6H2,1H3. The van der Waals surface area contributed by atoms with Crippen LogP contribution in [0.5, 0.6) is 0 Å². The highest BCUT2D eigenvalue weighted by molar-refractivity contribution is 5.18. The summed E-state index contributed by atoms with van der Waals surface area (Å²) < 4.78 is 5.08. The van der Waals surface area contributed by atoms with Crippen LogP contribution in [0.2, 0.25) is 0 Å². The molecule has 1 aromatic rings. The maximum absolute atomic E-state index is 8.43. The van der Waals surface area contributed by atoms with Gasteiger partial charge in [-0.05, 0) is 19.1 Å². The average Bonchev–Trinajstić information content (AvgIpc) is 2.53. The average molecular weight is 166 g/mol. The van der Waals surface area contributed by atoms with Crippen molar-refractivity contribution in [1.82, 2.24) is 5.48 Å². The number of furan rings is 1. The number of nitriles is 1. The molecule has 0 spiro atoms. The largest absolute Gasteiger partial charge is 0.449 e. The summed E-state index contributed by atoms with van der Waals surface area (Å²) >= 11 is 0. The highest BCUT2D eigenvalue weighted by Crippen LogP contribution is 2.05. The van der Waals surface area contributed by atoms with Gasteiger partial charge in [0.25, 0.3) is 0 Å². The third kappa shape index (κ3) is 2.38. The lowest BCUT2D eigenvalue weighted by atomic mass is 10.4. The molecule has 0 aliphatic heterocycles. The Kier molecular flexibility index (Phi) is 3.33. The molecule has 0 radical (unpaired) electrons. The molecule has 12 heavy (non-hydrogen) atoms. The van der Waals surface area contributed by atoms with Gasteiger partial charge in [0.2, 0.25) is 5.76 Å². The van der Waals surface area contributed by atoms with Gasteiger partial charge in [-0.3, -0.25) is 0 Å². The molecule has 0 aromatic carbocycles. The van der Waals surface area contributed by atoms with Crippen LogP contribution in [0.1, 0.15) is 18.4 Å². The molecule has 1 heterocycles. The minimum absolute atomic E-state index is 0.322. The second kappa shape index (κ2) is 4.54. The van der Waals surface area contributed by atoms with Crippen LogP contribution in [0.4, 0.5) is 0 Å². The van der Waals surface area contributed by atoms with E-state index in [1.165, 1.54) is 0 Å². The van der Waals surface area contributed by atoms with Crippen LogP contribution in [0.15, 0.2) is 16.5 Å². The quantitative estimate of drug-likeness (QED) is 0.539. The van der Waals surface area contributed by atoms with Crippen molar-refractivity contribution in [2.45, 2.75) is 13.5 Å². The number of nitrogens with zero attached hydrogens (tertiary/aromatic N) is 1. The molecule has 4 heteroatoms. The first-order chi connectivity index (χ1) is 5.86. The summed E-state index contributed by atoms with van der Waals surface area (Å²) in [5, 5.41) is 8.43. The van der Waals surface area contributed by atoms with E-state index < -0.39 is 0 Å². The molecular weight excluding hydrogens is 156 g/mol. The second-order valence-electron chi connectivity index (χ2n) is 2.13. The number of hydroxylamine groups is 1. The molecular formula is C8H10N2O2. The molecule has 0 saturated heterocycles. The predicted molar refractivity (Wildman–Crippen MR) is 41.9 cm³/mol. The van der Waals surface area contributed by atoms with Crippen molar-refractivity contribution < 1.29 is 9.25 Å². The fourth-order valence-corrected chi connectivity index (χ4v) is 0.757. The smallest absolute Gasteiger partial charge is 0.203 e. The lowest BCUT2D eigenvalue weighted by molar-refractivity contribution is 0.0425. The maximum atomic E-state index is 8.43. The fourth-order valence-electron chi connectivity index (χ4n) is 0.757. The molecule has 0 saturated carbocycles. The Morgan fingerprint density at radius 2 is 2.50 bits per heavy atom. The number of rotatable bonds is 4. The van der Waals surface area contributed by atoms with Crippen molar-refractivity contribution in [3.05, 3.63) is 23.7 Å². The third-order valence-electron chi connectivity index (χ3n) is 1.26. The summed E-state index contributed by atoms with van der Waals surface area (Å²) in [7, 11) is 0. The van der Waals surface area contributed by atoms with Gasteiger partial charge in [0, 0.05) is 0 Å². The summed E-state index contributed by atoms with van der Waals surface area (Å²) in [6.07, 6.45) is 0. The highest BCUT2D eigenvalue weighted by Gasteiger charge is 1.99. The van der Waals surface area contributed by atoms with Crippen molar-refractivity contribution in [2.24, 2.45) is 0 Å². The van der Waals surface area contributed by atoms with Crippen LogP contribution < -0.4 is 5.48 Å². The Hall–Kier alpha value is -1.31. The minimum Gasteiger partial charge on any atom is -0.449 e. The van der Waals surface area contributed by atoms with Crippen LogP contribution in [-0.2, 0) is 11.4 Å². The van der Waals surface area contributed by atoms with Gasteiger partial charge < -0.3 is 9.25 Å². The van der Waals surface area contributed by atoms with Crippen molar-refractivity contribution in [1.29, 1.82) is 5.26 Å². The zero-order valence-corrected chi connectivity index (χ0v) is 6.83. The molecule has 0 atom stereocenters. The Bertz CT molecular complexity index is 275. The van der Waals surface area contributed by atoms with Crippen molar-refractivity contribution in [3.8, 4) is 6.07 Å². The summed E-state index contributed by atoms with van der Waals surface area (Å²) in [5.41, 5.74) is 2.69. The minimum atomic E-state index is 0.322. The van der Waals surface area contributed by atoms with E-state index in [1.54, 1.807) is 12.1 Å². The fraction of sp³-hybridized carbons (Fsp3) is 0.375. The molecule has 0 aliphatic rings. The normalized spacial score (nSPS) is 9.67. The van der Waals surface area contributed by atoms with Gasteiger partial charge in [0.1, 0.15) is 11.8 Å². The van der Waals surface area contributed by atoms with E-state index in [0.29, 0.717) is 24.7 Å². The summed E-state index contributed by atoms with van der Waals surface area (Å²) in [6, 6.07) is 5.27. The van der Waals surface area contributed by atoms with Crippen molar-refractivity contribution in [2.75, 3.05) is 6.61 Å². The monoisotopic (exact) mass is 166 g/mol. The van der Waals surface area contributed by atoms with E-state index in [1.807, 2.05) is 13.0 Å². The molecule has 64 valence electrons. The lowest BCUT2D eigenvalue weighted by Gasteiger charge is -1.98. The van der Waals surface area contributed by atoms with Gasteiger partial charge in [0.05, 0.1) is 13.2 Å². The number of hydrogen-bond acceptors (Lipinski definition) is 4. The Morgan fingerprint density at radius 1 is 1.67 bits per heavy atom. The van der Waals surface area contributed by atoms with Gasteiger partial charge in [-0.2, -0.15) is 10.7 Å². The first-order valence-electron chi connectivity index (χ1n) is 3.70. The number of hydrogen-bond donors (Lipinski definition) is 1. The van der Waals surface area contributed by atoms with Crippen molar-refractivity contribution >= 4 is 0 Å². The van der Waals surface area contributed by atoms with Crippen LogP contribution in [0, 0.1) is 11.3 Å². The Balaban J connectivity index is 2.38. The summed E-state index contributed by atoms with van der Waals surface area (Å²) in [6.45, 7) is 2.97. The zero-order valence-electron chi connectivity index (χ0n) is 6.83. The third-order valence-corrected chi connectivity index (χ3v) is 1.26. The maximum Gasteiger partial charge on any atom is 0.203 e. The molecule has 0 fully saturated rings. The van der Waals surface area contributed by atoms with E-state index in [0.717, 1.165) is 0 Å². The van der Waals surface area contributed by atoms with Crippen LogP contribution >= 0.6 is 0 Å². The van der Waals surface area contributed by atoms with Gasteiger partial charge in [-0.1, -0.05) is 0 Å². The molecule has 1 N–H and O–H groups in total. The molecule has 0 bridgehead atoms. The zero-order chi connectivity index (χ0) is 8.81. The molecule has 0 amide bonds. The molecule has 4 nitrogen and oxygen atoms in total. The van der Waals surface area contributed by atoms with E-state index in [4.69, 9.17) is 14.5 Å². The van der Waals surface area contributed by atoms with Gasteiger partial charge >= 0.3 is 0 Å². The highest BCUT2D eigenvalue weighted by atomic mass is 16.6. The van der Waals surface area contributed by atoms with Crippen LogP contribution in [0.3, 0.4) is 0 Å². The molecule has 1 rings (SSSR count). The summed E-state index contributed by atoms with van der Waals surface area (Å²) in [5.74, 6) is 1.02. The Labute approximate surface area is 70.7 Å². The molecule has 0 unspecified atom stereocenters. The van der Waals surface area contributed by atoms with Crippen LogP contribution in [0.25, 0.3) is 0 Å². The Morgan fingerprint density at radius 3 is 3.08 bits per heavy atom. The van der Waals surface area contributed by atoms with E-state index in [9.17, 15) is 0 Å². The van der Waals surface area contributed by atoms with E-state index in [-0.39, 0.29) is 0 Å². The molecule has 0 aliphatic carbocycles. The van der Waals surface area contributed by atoms with Gasteiger partial charge in [-0.25, -0.2) is 0 Å². The van der Waals surface area contributed by atoms with Gasteiger partial charge in [-0.15, -0.1) is 0 Å².